The summed E-state index contributed by atoms with van der Waals surface area (Å²) >= 11 is 1.17. The predicted octanol–water partition coefficient (Wildman–Crippen LogP) is 1.80. The molecular weight excluding hydrogens is 634 g/mol. The average molecular weight is 686 g/mol. The number of benzene rings is 1. The van der Waals surface area contributed by atoms with Gasteiger partial charge in [-0.05, 0) is 30.5 Å². The van der Waals surface area contributed by atoms with Crippen molar-refractivity contribution in [3.8, 4) is 5.75 Å². The highest BCUT2D eigenvalue weighted by atomic mass is 32.2. The van der Waals surface area contributed by atoms with Gasteiger partial charge in [0.25, 0.3) is 0 Å². The van der Waals surface area contributed by atoms with E-state index in [1.54, 1.807) is 7.11 Å². The van der Waals surface area contributed by atoms with E-state index in [4.69, 9.17) is 21.3 Å². The molecule has 0 radical (unpaired) electrons. The number of carbonyl (C=O) groups excluding carboxylic acids is 1. The molecule has 1 amide bonds. The number of hydrogen-bond acceptors (Lipinski definition) is 12. The highest BCUT2D eigenvalue weighted by Gasteiger charge is 2.23. The Morgan fingerprint density at radius 3 is 2.56 bits per heavy atom. The van der Waals surface area contributed by atoms with Crippen molar-refractivity contribution in [2.75, 3.05) is 76.3 Å². The van der Waals surface area contributed by atoms with E-state index in [0.29, 0.717) is 13.1 Å². The number of unbranched alkanes of at least 4 members (excludes halogenated alkanes) is 2. The molecule has 2 aromatic heterocycles. The first-order valence-corrected chi connectivity index (χ1v) is 17.7. The van der Waals surface area contributed by atoms with Gasteiger partial charge in [0.05, 0.1) is 24.4 Å². The number of nitrogens with one attached hydrogen (secondary N) is 2. The van der Waals surface area contributed by atoms with Gasteiger partial charge in [0, 0.05) is 76.5 Å². The van der Waals surface area contributed by atoms with E-state index in [2.05, 4.69) is 60.1 Å². The SMILES string of the molecule is CCCCCNc1nc(N)nc2ccn(Cc3ccc(CN4CCN(CCNC(=O)[C@H](CCO)SC[C@H](N)C(=O)O)CC4)cc3OC)c12. The van der Waals surface area contributed by atoms with Crippen LogP contribution < -0.4 is 26.8 Å². The number of aliphatic hydroxyl groups excluding tert-OH is 1. The lowest BCUT2D eigenvalue weighted by atomic mass is 10.1. The number of nitrogen functional groups attached to an aromatic ring is 1. The number of nitrogens with zero attached hydrogens (tertiary/aromatic N) is 5. The number of carboxylic acids is 1. The maximum atomic E-state index is 12.6. The second kappa shape index (κ2) is 18.8. The first-order valence-electron chi connectivity index (χ1n) is 16.7. The van der Waals surface area contributed by atoms with Crippen LogP contribution in [0, 0.1) is 0 Å². The Morgan fingerprint density at radius 1 is 1.08 bits per heavy atom. The number of piperazine rings is 1. The molecule has 8 N–H and O–H groups in total. The molecule has 3 heterocycles. The van der Waals surface area contributed by atoms with Gasteiger partial charge in [0.1, 0.15) is 17.3 Å². The summed E-state index contributed by atoms with van der Waals surface area (Å²) in [5, 5.41) is 24.2. The van der Waals surface area contributed by atoms with E-state index >= 15 is 0 Å². The minimum absolute atomic E-state index is 0.109. The van der Waals surface area contributed by atoms with E-state index in [9.17, 15) is 14.7 Å². The topological polar surface area (TPSA) is 197 Å². The van der Waals surface area contributed by atoms with E-state index in [1.807, 2.05) is 12.3 Å². The lowest BCUT2D eigenvalue weighted by molar-refractivity contribution is -0.138. The lowest BCUT2D eigenvalue weighted by Gasteiger charge is -2.34. The number of methoxy groups -OCH3 is 1. The molecule has 4 rings (SSSR count). The van der Waals surface area contributed by atoms with Crippen LogP contribution in [0.15, 0.2) is 30.5 Å². The van der Waals surface area contributed by atoms with Crippen molar-refractivity contribution in [2.45, 2.75) is 57.0 Å². The summed E-state index contributed by atoms with van der Waals surface area (Å²) in [4.78, 5) is 37.3. The van der Waals surface area contributed by atoms with Gasteiger partial charge >= 0.3 is 5.97 Å². The molecule has 0 aliphatic carbocycles. The Kier molecular flexibility index (Phi) is 14.6. The van der Waals surface area contributed by atoms with Crippen molar-refractivity contribution >= 4 is 46.4 Å². The Morgan fingerprint density at radius 2 is 1.85 bits per heavy atom. The molecule has 3 aromatic rings. The van der Waals surface area contributed by atoms with Crippen LogP contribution in [0.1, 0.15) is 43.7 Å². The molecule has 2 atom stereocenters. The molecule has 14 nitrogen and oxygen atoms in total. The zero-order valence-corrected chi connectivity index (χ0v) is 28.9. The fourth-order valence-electron chi connectivity index (χ4n) is 5.74. The Balaban J connectivity index is 1.27. The number of anilines is 2. The van der Waals surface area contributed by atoms with Gasteiger partial charge in [-0.15, -0.1) is 11.8 Å². The number of fused-ring (bicyclic) bond motifs is 1. The van der Waals surface area contributed by atoms with Crippen LogP contribution in [0.25, 0.3) is 11.0 Å². The van der Waals surface area contributed by atoms with E-state index in [0.717, 1.165) is 93.2 Å². The summed E-state index contributed by atoms with van der Waals surface area (Å²) in [7, 11) is 1.70. The van der Waals surface area contributed by atoms with E-state index in [-0.39, 0.29) is 30.6 Å². The summed E-state index contributed by atoms with van der Waals surface area (Å²) in [6.07, 6.45) is 5.63. The van der Waals surface area contributed by atoms with Gasteiger partial charge in [-0.1, -0.05) is 31.9 Å². The summed E-state index contributed by atoms with van der Waals surface area (Å²) in [6, 6.07) is 7.33. The zero-order valence-electron chi connectivity index (χ0n) is 28.1. The number of aliphatic carboxylic acids is 1. The second-order valence-corrected chi connectivity index (χ2v) is 13.3. The third-order valence-corrected chi connectivity index (χ3v) is 9.87. The van der Waals surface area contributed by atoms with Crippen LogP contribution in [0.4, 0.5) is 11.8 Å². The van der Waals surface area contributed by atoms with Crippen LogP contribution in [0.5, 0.6) is 5.75 Å². The number of hydrogen-bond donors (Lipinski definition) is 6. The Labute approximate surface area is 286 Å². The third kappa shape index (κ3) is 10.7. The molecule has 48 heavy (non-hydrogen) atoms. The smallest absolute Gasteiger partial charge is 0.321 e. The first-order chi connectivity index (χ1) is 23.2. The molecule has 1 aliphatic rings. The molecule has 264 valence electrons. The Hall–Kier alpha value is -3.63. The molecular formula is C33H51N9O5S. The molecule has 0 saturated carbocycles. The quantitative estimate of drug-likeness (QED) is 0.0943. The van der Waals surface area contributed by atoms with Crippen LogP contribution in [0.2, 0.25) is 0 Å². The van der Waals surface area contributed by atoms with Gasteiger partial charge in [-0.3, -0.25) is 19.4 Å². The molecule has 0 bridgehead atoms. The Bertz CT molecular complexity index is 1480. The maximum absolute atomic E-state index is 12.6. The fraction of sp³-hybridized carbons (Fsp3) is 0.576. The summed E-state index contributed by atoms with van der Waals surface area (Å²) in [6.45, 7) is 9.05. The third-order valence-electron chi connectivity index (χ3n) is 8.47. The second-order valence-electron chi connectivity index (χ2n) is 12.1. The molecule has 0 unspecified atom stereocenters. The van der Waals surface area contributed by atoms with Crippen molar-refractivity contribution in [3.63, 3.8) is 0 Å². The monoisotopic (exact) mass is 685 g/mol. The summed E-state index contributed by atoms with van der Waals surface area (Å²) in [5.74, 6) is 0.637. The summed E-state index contributed by atoms with van der Waals surface area (Å²) < 4.78 is 7.97. The fourth-order valence-corrected chi connectivity index (χ4v) is 6.83. The maximum Gasteiger partial charge on any atom is 0.321 e. The number of nitrogens with two attached hydrogens (primary N) is 2. The van der Waals surface area contributed by atoms with Gasteiger partial charge in [-0.2, -0.15) is 4.98 Å². The highest BCUT2D eigenvalue weighted by Crippen LogP contribution is 2.27. The van der Waals surface area contributed by atoms with Gasteiger partial charge in [-0.25, -0.2) is 4.98 Å². The number of aromatic nitrogens is 3. The number of amides is 1. The normalized spacial score (nSPS) is 15.3. The number of carboxylic acid groups (broad SMARTS) is 1. The van der Waals surface area contributed by atoms with Crippen molar-refractivity contribution < 1.29 is 24.5 Å². The largest absolute Gasteiger partial charge is 0.496 e. The van der Waals surface area contributed by atoms with E-state index < -0.39 is 17.3 Å². The number of aliphatic hydroxyl groups is 1. The van der Waals surface area contributed by atoms with Gasteiger partial charge < -0.3 is 41.6 Å². The minimum atomic E-state index is -1.11. The van der Waals surface area contributed by atoms with Crippen LogP contribution in [-0.2, 0) is 22.7 Å². The number of carbonyl (C=O) groups is 2. The van der Waals surface area contributed by atoms with Gasteiger partial charge in [0.2, 0.25) is 11.9 Å². The van der Waals surface area contributed by atoms with Crippen molar-refractivity contribution in [1.82, 2.24) is 29.7 Å². The first kappa shape index (κ1) is 37.2. The lowest BCUT2D eigenvalue weighted by Crippen LogP contribution is -2.48. The number of rotatable bonds is 20. The van der Waals surface area contributed by atoms with Crippen molar-refractivity contribution in [3.05, 3.63) is 41.6 Å². The number of thioether (sulfide) groups is 1. The van der Waals surface area contributed by atoms with Crippen molar-refractivity contribution in [2.24, 2.45) is 5.73 Å². The molecule has 1 saturated heterocycles. The van der Waals surface area contributed by atoms with Crippen LogP contribution >= 0.6 is 11.8 Å². The van der Waals surface area contributed by atoms with Gasteiger partial charge in [0.15, 0.2) is 5.82 Å². The highest BCUT2D eigenvalue weighted by molar-refractivity contribution is 8.00. The van der Waals surface area contributed by atoms with E-state index in [1.165, 1.54) is 17.3 Å². The molecule has 15 heteroatoms. The molecule has 1 aliphatic heterocycles. The van der Waals surface area contributed by atoms with Crippen LogP contribution in [-0.4, -0.2) is 123 Å². The molecule has 1 fully saturated rings. The van der Waals surface area contributed by atoms with Crippen LogP contribution in [0.3, 0.4) is 0 Å². The zero-order chi connectivity index (χ0) is 34.5. The average Bonchev–Trinajstić information content (AvgIpc) is 3.48. The van der Waals surface area contributed by atoms with Crippen molar-refractivity contribution in [1.29, 1.82) is 0 Å². The standard InChI is InChI=1S/C33H51N9O5S/c1-3-4-5-10-36-30-29-26(38-33(35)39-30)8-12-42(29)21-24-7-6-23(19-27(24)47-2)20-41-16-14-40(15-17-41)13-11-37-31(44)28(9-18-43)48-22-25(34)32(45)46/h6-8,12,19,25,28,43H,3-5,9-11,13-18,20-22,34H2,1-2H3,(H,37,44)(H,45,46)(H3,35,36,38,39)/t25-,28-/m0/s1. The molecule has 1 aromatic carbocycles. The predicted molar refractivity (Wildman–Crippen MR) is 190 cm³/mol. The minimum Gasteiger partial charge on any atom is -0.496 e. The number of ether oxygens (including phenoxy) is 1. The molecule has 0 spiro atoms. The summed E-state index contributed by atoms with van der Waals surface area (Å²) in [5.41, 5.74) is 15.5.